The highest BCUT2D eigenvalue weighted by Gasteiger charge is 2.53. The van der Waals surface area contributed by atoms with E-state index in [1.165, 1.54) is 4.88 Å². The fraction of sp³-hybridized carbons (Fsp3) is 0.562. The Balaban J connectivity index is 1.69. The normalized spacial score (nSPS) is 28.0. The van der Waals surface area contributed by atoms with Crippen molar-refractivity contribution < 1.29 is 19.7 Å². The summed E-state index contributed by atoms with van der Waals surface area (Å²) in [7, 11) is 0. The first-order chi connectivity index (χ1) is 10.6. The van der Waals surface area contributed by atoms with Gasteiger partial charge in [0.2, 0.25) is 0 Å². The van der Waals surface area contributed by atoms with Gasteiger partial charge in [-0.3, -0.25) is 9.69 Å². The fourth-order valence-corrected chi connectivity index (χ4v) is 4.26. The highest BCUT2D eigenvalue weighted by Crippen LogP contribution is 2.42. The van der Waals surface area contributed by atoms with Crippen LogP contribution in [0.25, 0.3) is 0 Å². The average Bonchev–Trinajstić information content (AvgIpc) is 3.09. The lowest BCUT2D eigenvalue weighted by Gasteiger charge is -2.34. The Kier molecular flexibility index (Phi) is 4.50. The van der Waals surface area contributed by atoms with Crippen LogP contribution in [0.5, 0.6) is 0 Å². The number of aliphatic carboxylic acids is 1. The molecule has 2 N–H and O–H groups in total. The number of ether oxygens (including phenoxy) is 1. The number of aliphatic hydroxyl groups is 1. The van der Waals surface area contributed by atoms with Gasteiger partial charge in [-0.2, -0.15) is 0 Å². The van der Waals surface area contributed by atoms with E-state index in [4.69, 9.17) is 9.84 Å². The number of rotatable bonds is 3. The minimum absolute atomic E-state index is 0.139. The van der Waals surface area contributed by atoms with Crippen LogP contribution in [-0.2, 0) is 16.1 Å². The van der Waals surface area contributed by atoms with Crippen molar-refractivity contribution in [2.24, 2.45) is 11.3 Å². The van der Waals surface area contributed by atoms with Gasteiger partial charge in [0.1, 0.15) is 12.0 Å². The van der Waals surface area contributed by atoms with Crippen LogP contribution in [0.15, 0.2) is 11.4 Å². The number of carboxylic acid groups (broad SMARTS) is 1. The maximum absolute atomic E-state index is 11.7. The molecule has 1 aromatic heterocycles. The lowest BCUT2D eigenvalue weighted by molar-refractivity contribution is -0.159. The first-order valence-corrected chi connectivity index (χ1v) is 8.22. The van der Waals surface area contributed by atoms with Gasteiger partial charge in [-0.1, -0.05) is 11.8 Å². The first kappa shape index (κ1) is 15.5. The molecule has 3 rings (SSSR count). The third kappa shape index (κ3) is 2.90. The van der Waals surface area contributed by atoms with E-state index in [0.717, 1.165) is 25.1 Å². The zero-order valence-electron chi connectivity index (χ0n) is 12.2. The number of fused-ring (bicyclic) bond motifs is 1. The molecule has 0 radical (unpaired) electrons. The second kappa shape index (κ2) is 6.39. The molecule has 2 saturated heterocycles. The zero-order valence-corrected chi connectivity index (χ0v) is 13.1. The van der Waals surface area contributed by atoms with Crippen LogP contribution in [0.4, 0.5) is 0 Å². The third-order valence-corrected chi connectivity index (χ3v) is 5.43. The predicted octanol–water partition coefficient (Wildman–Crippen LogP) is 1.01. The molecule has 1 aromatic rings. The Morgan fingerprint density at radius 3 is 3.18 bits per heavy atom. The van der Waals surface area contributed by atoms with Gasteiger partial charge in [0.05, 0.1) is 6.61 Å². The molecule has 2 atom stereocenters. The third-order valence-electron chi connectivity index (χ3n) is 4.51. The van der Waals surface area contributed by atoms with Crippen molar-refractivity contribution in [3.63, 3.8) is 0 Å². The van der Waals surface area contributed by atoms with E-state index in [-0.39, 0.29) is 12.5 Å². The summed E-state index contributed by atoms with van der Waals surface area (Å²) in [4.78, 5) is 15.1. The minimum Gasteiger partial charge on any atom is -0.481 e. The maximum atomic E-state index is 11.7. The summed E-state index contributed by atoms with van der Waals surface area (Å²) in [6.07, 6.45) is 0.820. The van der Waals surface area contributed by atoms with Gasteiger partial charge >= 0.3 is 5.97 Å². The summed E-state index contributed by atoms with van der Waals surface area (Å²) in [6, 6.07) is 2.01. The lowest BCUT2D eigenvalue weighted by atomic mass is 9.76. The van der Waals surface area contributed by atoms with Crippen molar-refractivity contribution in [2.45, 2.75) is 13.0 Å². The number of likely N-dealkylation sites (tertiary alicyclic amines) is 1. The molecular weight excluding hydrogens is 302 g/mol. The number of hydrogen-bond acceptors (Lipinski definition) is 5. The molecule has 2 aliphatic heterocycles. The molecule has 0 unspecified atom stereocenters. The van der Waals surface area contributed by atoms with Gasteiger partial charge in [0, 0.05) is 42.1 Å². The molecule has 0 bridgehead atoms. The van der Waals surface area contributed by atoms with E-state index >= 15 is 0 Å². The quantitative estimate of drug-likeness (QED) is 0.813. The predicted molar refractivity (Wildman–Crippen MR) is 82.6 cm³/mol. The van der Waals surface area contributed by atoms with Crippen molar-refractivity contribution in [3.05, 3.63) is 21.9 Å². The Bertz CT molecular complexity index is 617. The summed E-state index contributed by atoms with van der Waals surface area (Å²) in [5.41, 5.74) is 0.164. The van der Waals surface area contributed by atoms with Crippen LogP contribution >= 0.6 is 11.3 Å². The highest BCUT2D eigenvalue weighted by molar-refractivity contribution is 7.10. The molecule has 5 nitrogen and oxygen atoms in total. The number of aliphatic hydroxyl groups excluding tert-OH is 1. The minimum atomic E-state index is -0.741. The van der Waals surface area contributed by atoms with E-state index in [0.29, 0.717) is 19.8 Å². The molecule has 0 saturated carbocycles. The van der Waals surface area contributed by atoms with E-state index < -0.39 is 11.4 Å². The molecule has 22 heavy (non-hydrogen) atoms. The molecular formula is C16H19NO4S. The van der Waals surface area contributed by atoms with Gasteiger partial charge in [0.25, 0.3) is 0 Å². The second-order valence-electron chi connectivity index (χ2n) is 5.93. The Morgan fingerprint density at radius 2 is 2.45 bits per heavy atom. The Morgan fingerprint density at radius 1 is 1.59 bits per heavy atom. The van der Waals surface area contributed by atoms with Crippen LogP contribution < -0.4 is 0 Å². The monoisotopic (exact) mass is 321 g/mol. The average molecular weight is 321 g/mol. The van der Waals surface area contributed by atoms with Crippen LogP contribution in [0.1, 0.15) is 16.9 Å². The van der Waals surface area contributed by atoms with Crippen molar-refractivity contribution in [2.75, 3.05) is 32.9 Å². The van der Waals surface area contributed by atoms with Crippen molar-refractivity contribution in [3.8, 4) is 11.8 Å². The number of hydrogen-bond donors (Lipinski definition) is 2. The molecule has 0 aliphatic carbocycles. The van der Waals surface area contributed by atoms with Gasteiger partial charge in [0.15, 0.2) is 0 Å². The standard InChI is InChI=1S/C16H19NO4S/c18-4-1-2-12-6-14(22-9-12)8-17-7-13-3-5-21-11-16(13,10-17)15(19)20/h6,9,13,18H,3-5,7-8,10-11H2,(H,19,20)/t13-,16+/m0/s1. The van der Waals surface area contributed by atoms with Gasteiger partial charge < -0.3 is 14.9 Å². The highest BCUT2D eigenvalue weighted by atomic mass is 32.1. The molecule has 6 heteroatoms. The van der Waals surface area contributed by atoms with E-state index in [1.54, 1.807) is 11.3 Å². The van der Waals surface area contributed by atoms with Crippen LogP contribution in [0, 0.1) is 23.2 Å². The maximum Gasteiger partial charge on any atom is 0.313 e. The summed E-state index contributed by atoms with van der Waals surface area (Å²) in [5.74, 6) is 4.97. The van der Waals surface area contributed by atoms with Gasteiger partial charge in [-0.15, -0.1) is 11.3 Å². The van der Waals surface area contributed by atoms with Crippen LogP contribution in [-0.4, -0.2) is 54.0 Å². The molecule has 0 spiro atoms. The first-order valence-electron chi connectivity index (χ1n) is 7.35. The van der Waals surface area contributed by atoms with Gasteiger partial charge in [-0.25, -0.2) is 0 Å². The van der Waals surface area contributed by atoms with Crippen molar-refractivity contribution in [1.82, 2.24) is 4.90 Å². The SMILES string of the molecule is O=C(O)[C@]12COCC[C@H]1CN(Cc1cc(C#CCO)cs1)C2. The molecule has 0 amide bonds. The molecule has 3 heterocycles. The number of nitrogens with zero attached hydrogens (tertiary/aromatic N) is 1. The van der Waals surface area contributed by atoms with Gasteiger partial charge in [-0.05, 0) is 18.4 Å². The summed E-state index contributed by atoms with van der Waals surface area (Å²) in [5, 5.41) is 20.3. The van der Waals surface area contributed by atoms with Crippen molar-refractivity contribution in [1.29, 1.82) is 0 Å². The fourth-order valence-electron chi connectivity index (χ4n) is 3.41. The summed E-state index contributed by atoms with van der Waals surface area (Å²) >= 11 is 1.62. The van der Waals surface area contributed by atoms with Crippen LogP contribution in [0.3, 0.4) is 0 Å². The molecule has 2 aliphatic rings. The molecule has 118 valence electrons. The Hall–Kier alpha value is -1.39. The van der Waals surface area contributed by atoms with E-state index in [1.807, 2.05) is 11.4 Å². The van der Waals surface area contributed by atoms with Crippen LogP contribution in [0.2, 0.25) is 0 Å². The summed E-state index contributed by atoms with van der Waals surface area (Å²) in [6.45, 7) is 2.94. The topological polar surface area (TPSA) is 70.0 Å². The summed E-state index contributed by atoms with van der Waals surface area (Å²) < 4.78 is 5.45. The van der Waals surface area contributed by atoms with E-state index in [9.17, 15) is 9.90 Å². The largest absolute Gasteiger partial charge is 0.481 e. The lowest BCUT2D eigenvalue weighted by Crippen LogP contribution is -2.46. The van der Waals surface area contributed by atoms with E-state index in [2.05, 4.69) is 16.7 Å². The smallest absolute Gasteiger partial charge is 0.313 e. The Labute approximate surface area is 133 Å². The zero-order chi connectivity index (χ0) is 15.6. The second-order valence-corrected chi connectivity index (χ2v) is 6.93. The number of thiophene rings is 1. The number of carboxylic acids is 1. The van der Waals surface area contributed by atoms with Crippen molar-refractivity contribution >= 4 is 17.3 Å². The molecule has 0 aromatic carbocycles. The molecule has 2 fully saturated rings. The number of carbonyl (C=O) groups is 1.